The minimum atomic E-state index is -1.97. The maximum Gasteiger partial charge on any atom is 0.411 e. The molecular formula is C26H23FN2O6. The van der Waals surface area contributed by atoms with Crippen LogP contribution in [0.5, 0.6) is 0 Å². The molecule has 35 heavy (non-hydrogen) atoms. The molecule has 0 aromatic heterocycles. The van der Waals surface area contributed by atoms with Crippen molar-refractivity contribution in [3.8, 4) is 11.1 Å². The zero-order valence-corrected chi connectivity index (χ0v) is 18.7. The van der Waals surface area contributed by atoms with Gasteiger partial charge < -0.3 is 20.3 Å². The molecule has 0 heterocycles. The molecule has 0 spiro atoms. The quantitative estimate of drug-likeness (QED) is 0.410. The van der Waals surface area contributed by atoms with E-state index in [-0.39, 0.29) is 18.2 Å². The van der Waals surface area contributed by atoms with Crippen molar-refractivity contribution in [1.29, 1.82) is 0 Å². The number of hydrogen-bond donors (Lipinski definition) is 4. The number of aliphatic carboxylic acids is 1. The van der Waals surface area contributed by atoms with Gasteiger partial charge in [-0.15, -0.1) is 0 Å². The Morgan fingerprint density at radius 2 is 1.60 bits per heavy atom. The molecule has 0 fully saturated rings. The van der Waals surface area contributed by atoms with Gasteiger partial charge in [0.15, 0.2) is 5.54 Å². The topological polar surface area (TPSA) is 125 Å². The number of rotatable bonds is 7. The Balaban J connectivity index is 1.41. The molecule has 3 aromatic rings. The monoisotopic (exact) mass is 478 g/mol. The Kier molecular flexibility index (Phi) is 6.52. The Labute approximate surface area is 200 Å². The van der Waals surface area contributed by atoms with E-state index < -0.39 is 41.5 Å². The van der Waals surface area contributed by atoms with Crippen LogP contribution in [0.15, 0.2) is 66.7 Å². The molecule has 1 unspecified atom stereocenters. The lowest BCUT2D eigenvalue weighted by atomic mass is 9.98. The number of halogens is 1. The van der Waals surface area contributed by atoms with E-state index in [1.54, 1.807) is 0 Å². The van der Waals surface area contributed by atoms with Gasteiger partial charge in [0.05, 0.1) is 12.2 Å². The maximum absolute atomic E-state index is 14.5. The highest BCUT2D eigenvalue weighted by atomic mass is 19.1. The summed E-state index contributed by atoms with van der Waals surface area (Å²) < 4.78 is 20.0. The van der Waals surface area contributed by atoms with Crippen molar-refractivity contribution in [2.45, 2.75) is 18.4 Å². The molecule has 8 nitrogen and oxygen atoms in total. The van der Waals surface area contributed by atoms with Crippen LogP contribution in [0.2, 0.25) is 0 Å². The molecule has 1 aliphatic rings. The number of nitrogens with one attached hydrogen (secondary N) is 2. The van der Waals surface area contributed by atoms with Crippen LogP contribution in [-0.2, 0) is 9.53 Å². The average molecular weight is 478 g/mol. The molecule has 0 saturated heterocycles. The predicted molar refractivity (Wildman–Crippen MR) is 126 cm³/mol. The van der Waals surface area contributed by atoms with Gasteiger partial charge in [-0.1, -0.05) is 48.5 Å². The van der Waals surface area contributed by atoms with Crippen molar-refractivity contribution in [2.24, 2.45) is 0 Å². The number of carbonyl (C=O) groups is 3. The van der Waals surface area contributed by atoms with Crippen molar-refractivity contribution in [1.82, 2.24) is 5.32 Å². The van der Waals surface area contributed by atoms with Gasteiger partial charge in [0.25, 0.3) is 5.91 Å². The smallest absolute Gasteiger partial charge is 0.411 e. The predicted octanol–water partition coefficient (Wildman–Crippen LogP) is 3.75. The van der Waals surface area contributed by atoms with Crippen LogP contribution in [0.3, 0.4) is 0 Å². The van der Waals surface area contributed by atoms with Crippen LogP contribution < -0.4 is 10.6 Å². The number of ether oxygens (including phenoxy) is 1. The van der Waals surface area contributed by atoms with E-state index in [1.165, 1.54) is 6.07 Å². The molecule has 0 bridgehead atoms. The molecule has 1 aliphatic carbocycles. The molecule has 2 amide bonds. The highest BCUT2D eigenvalue weighted by Gasteiger charge is 2.35. The second-order valence-electron chi connectivity index (χ2n) is 8.39. The normalized spacial score (nSPS) is 13.8. The van der Waals surface area contributed by atoms with Crippen LogP contribution in [0.25, 0.3) is 11.1 Å². The van der Waals surface area contributed by atoms with Gasteiger partial charge in [0.1, 0.15) is 12.4 Å². The molecular weight excluding hydrogens is 455 g/mol. The van der Waals surface area contributed by atoms with Gasteiger partial charge in [0, 0.05) is 11.6 Å². The Morgan fingerprint density at radius 1 is 1.00 bits per heavy atom. The molecule has 1 atom stereocenters. The number of carboxylic acid groups (broad SMARTS) is 1. The molecule has 0 radical (unpaired) electrons. The lowest BCUT2D eigenvalue weighted by Crippen LogP contribution is -2.55. The number of hydrogen-bond acceptors (Lipinski definition) is 5. The number of amides is 2. The fourth-order valence-electron chi connectivity index (χ4n) is 4.01. The summed E-state index contributed by atoms with van der Waals surface area (Å²) in [5.41, 5.74) is 1.94. The summed E-state index contributed by atoms with van der Waals surface area (Å²) in [7, 11) is 0. The summed E-state index contributed by atoms with van der Waals surface area (Å²) in [5, 5.41) is 22.9. The second-order valence-corrected chi connectivity index (χ2v) is 8.39. The van der Waals surface area contributed by atoms with E-state index in [0.717, 1.165) is 41.3 Å². The number of fused-ring (bicyclic) bond motifs is 3. The number of carbonyl (C=O) groups excluding carboxylic acids is 2. The third kappa shape index (κ3) is 4.71. The van der Waals surface area contributed by atoms with Crippen molar-refractivity contribution in [2.75, 3.05) is 18.5 Å². The minimum Gasteiger partial charge on any atom is -0.479 e. The number of carboxylic acids is 1. The van der Waals surface area contributed by atoms with Crippen LogP contribution >= 0.6 is 0 Å². The SMILES string of the molecule is CC(CO)(NC(=O)c1ccc(NC(=O)OCC2c3ccccc3-c3ccccc32)cc1F)C(=O)O. The van der Waals surface area contributed by atoms with Crippen molar-refractivity contribution >= 4 is 23.7 Å². The highest BCUT2D eigenvalue weighted by molar-refractivity contribution is 5.98. The fraction of sp³-hybridized carbons (Fsp3) is 0.192. The lowest BCUT2D eigenvalue weighted by molar-refractivity contribution is -0.145. The summed E-state index contributed by atoms with van der Waals surface area (Å²) in [6, 6.07) is 19.1. The average Bonchev–Trinajstić information content (AvgIpc) is 3.16. The van der Waals surface area contributed by atoms with Crippen molar-refractivity contribution in [3.63, 3.8) is 0 Å². The summed E-state index contributed by atoms with van der Waals surface area (Å²) in [4.78, 5) is 35.9. The van der Waals surface area contributed by atoms with E-state index >= 15 is 0 Å². The van der Waals surface area contributed by atoms with Gasteiger partial charge >= 0.3 is 12.1 Å². The first-order valence-electron chi connectivity index (χ1n) is 10.8. The van der Waals surface area contributed by atoms with Crippen LogP contribution in [-0.4, -0.2) is 46.9 Å². The largest absolute Gasteiger partial charge is 0.479 e. The Hall–Kier alpha value is -4.24. The minimum absolute atomic E-state index is 0.0550. The Bertz CT molecular complexity index is 1270. The summed E-state index contributed by atoms with van der Waals surface area (Å²) in [6.07, 6.45) is -0.790. The number of aliphatic hydroxyl groups excluding tert-OH is 1. The van der Waals surface area contributed by atoms with Gasteiger partial charge in [-0.3, -0.25) is 10.1 Å². The highest BCUT2D eigenvalue weighted by Crippen LogP contribution is 2.44. The lowest BCUT2D eigenvalue weighted by Gasteiger charge is -2.23. The first-order valence-corrected chi connectivity index (χ1v) is 10.8. The van der Waals surface area contributed by atoms with Crippen molar-refractivity contribution < 1.29 is 33.7 Å². The zero-order chi connectivity index (χ0) is 25.2. The number of aliphatic hydroxyl groups is 1. The third-order valence-electron chi connectivity index (χ3n) is 5.98. The molecule has 9 heteroatoms. The van der Waals surface area contributed by atoms with E-state index in [9.17, 15) is 23.9 Å². The molecule has 4 rings (SSSR count). The summed E-state index contributed by atoms with van der Waals surface area (Å²) in [5.74, 6) is -3.60. The van der Waals surface area contributed by atoms with E-state index in [4.69, 9.17) is 9.84 Å². The fourth-order valence-corrected chi connectivity index (χ4v) is 4.01. The number of anilines is 1. The Morgan fingerprint density at radius 3 is 2.14 bits per heavy atom. The van der Waals surface area contributed by atoms with E-state index in [1.807, 2.05) is 48.5 Å². The summed E-state index contributed by atoms with van der Waals surface area (Å²) in [6.45, 7) is 0.299. The first-order chi connectivity index (χ1) is 16.7. The van der Waals surface area contributed by atoms with Gasteiger partial charge in [-0.25, -0.2) is 14.0 Å². The first kappa shape index (κ1) is 23.9. The van der Waals surface area contributed by atoms with Gasteiger partial charge in [0.2, 0.25) is 0 Å². The zero-order valence-electron chi connectivity index (χ0n) is 18.7. The second kappa shape index (κ2) is 9.55. The molecule has 0 saturated carbocycles. The van der Waals surface area contributed by atoms with Crippen molar-refractivity contribution in [3.05, 3.63) is 89.2 Å². The van der Waals surface area contributed by atoms with Crippen LogP contribution in [0.4, 0.5) is 14.9 Å². The molecule has 0 aliphatic heterocycles. The molecule has 180 valence electrons. The third-order valence-corrected chi connectivity index (χ3v) is 5.98. The number of benzene rings is 3. The van der Waals surface area contributed by atoms with Crippen LogP contribution in [0.1, 0.15) is 34.3 Å². The van der Waals surface area contributed by atoms with E-state index in [0.29, 0.717) is 0 Å². The molecule has 4 N–H and O–H groups in total. The summed E-state index contributed by atoms with van der Waals surface area (Å²) >= 11 is 0. The molecule has 3 aromatic carbocycles. The maximum atomic E-state index is 14.5. The van der Waals surface area contributed by atoms with Gasteiger partial charge in [-0.2, -0.15) is 0 Å². The van der Waals surface area contributed by atoms with E-state index in [2.05, 4.69) is 10.6 Å². The van der Waals surface area contributed by atoms with Crippen LogP contribution in [0, 0.1) is 5.82 Å². The van der Waals surface area contributed by atoms with Gasteiger partial charge in [-0.05, 0) is 47.4 Å². The standard InChI is InChI=1S/C26H23FN2O6/c1-26(14-30,24(32)33)29-23(31)20-11-10-15(12-22(20)27)28-25(34)35-13-21-18-8-4-2-6-16(18)17-7-3-5-9-19(17)21/h2-12,21,30H,13-14H2,1H3,(H,28,34)(H,29,31)(H,32,33).